The molecule has 1 heterocycles. The molecule has 0 spiro atoms. The molecule has 1 saturated heterocycles. The summed E-state index contributed by atoms with van der Waals surface area (Å²) in [7, 11) is 0. The van der Waals surface area contributed by atoms with Crippen LogP contribution in [0.3, 0.4) is 0 Å². The van der Waals surface area contributed by atoms with E-state index in [9.17, 15) is 14.7 Å². The van der Waals surface area contributed by atoms with Gasteiger partial charge in [-0.3, -0.25) is 14.5 Å². The quantitative estimate of drug-likeness (QED) is 0.756. The zero-order valence-corrected chi connectivity index (χ0v) is 10.9. The first-order valence-corrected chi connectivity index (χ1v) is 5.85. The molecule has 1 atom stereocenters. The summed E-state index contributed by atoms with van der Waals surface area (Å²) < 4.78 is 5.20. The first-order valence-electron chi connectivity index (χ1n) is 5.85. The highest BCUT2D eigenvalue weighted by Crippen LogP contribution is 2.29. The number of likely N-dealkylation sites (tertiary alicyclic amines) is 1. The summed E-state index contributed by atoms with van der Waals surface area (Å²) in [6.07, 6.45) is 1.37. The predicted molar refractivity (Wildman–Crippen MR) is 62.7 cm³/mol. The lowest BCUT2D eigenvalue weighted by molar-refractivity contribution is -0.159. The number of esters is 1. The molecule has 5 heteroatoms. The van der Waals surface area contributed by atoms with Crippen LogP contribution in [-0.4, -0.2) is 46.2 Å². The van der Waals surface area contributed by atoms with Crippen LogP contribution in [0.15, 0.2) is 0 Å². The Morgan fingerprint density at radius 1 is 1.41 bits per heavy atom. The van der Waals surface area contributed by atoms with Gasteiger partial charge in [0, 0.05) is 0 Å². The zero-order chi connectivity index (χ0) is 13.3. The van der Waals surface area contributed by atoms with Gasteiger partial charge in [-0.05, 0) is 47.1 Å². The Bertz CT molecular complexity index is 321. The molecule has 5 nitrogen and oxygen atoms in total. The third-order valence-electron chi connectivity index (χ3n) is 2.99. The molecule has 0 aromatic heterocycles. The third-order valence-corrected chi connectivity index (χ3v) is 2.99. The topological polar surface area (TPSA) is 66.8 Å². The maximum atomic E-state index is 11.7. The minimum atomic E-state index is -0.934. The molecule has 1 aliphatic heterocycles. The largest absolute Gasteiger partial charge is 0.480 e. The first-order chi connectivity index (χ1) is 7.65. The second-order valence-electron chi connectivity index (χ2n) is 5.69. The molecule has 0 bridgehead atoms. The number of ether oxygens (including phenoxy) is 1. The van der Waals surface area contributed by atoms with Crippen molar-refractivity contribution < 1.29 is 19.4 Å². The van der Waals surface area contributed by atoms with Gasteiger partial charge < -0.3 is 9.84 Å². The standard InChI is InChI=1S/C12H21NO4/c1-11(2,3)17-9(14)8-13-7-5-6-12(13,4)10(15)16/h5-8H2,1-4H3,(H,15,16)/t12-/m0/s1. The van der Waals surface area contributed by atoms with Crippen LogP contribution in [0.5, 0.6) is 0 Å². The van der Waals surface area contributed by atoms with Crippen LogP contribution < -0.4 is 0 Å². The van der Waals surface area contributed by atoms with Gasteiger partial charge in [-0.1, -0.05) is 0 Å². The third kappa shape index (κ3) is 3.43. The molecular formula is C12H21NO4. The van der Waals surface area contributed by atoms with Gasteiger partial charge in [0.05, 0.1) is 6.54 Å². The summed E-state index contributed by atoms with van der Waals surface area (Å²) in [5.41, 5.74) is -1.46. The zero-order valence-electron chi connectivity index (χ0n) is 10.9. The highest BCUT2D eigenvalue weighted by Gasteiger charge is 2.44. The number of aliphatic carboxylic acids is 1. The number of hydrogen-bond acceptors (Lipinski definition) is 4. The van der Waals surface area contributed by atoms with E-state index >= 15 is 0 Å². The second-order valence-corrected chi connectivity index (χ2v) is 5.69. The van der Waals surface area contributed by atoms with E-state index in [1.165, 1.54) is 0 Å². The Hall–Kier alpha value is -1.10. The molecule has 1 N–H and O–H groups in total. The van der Waals surface area contributed by atoms with Crippen molar-refractivity contribution in [2.24, 2.45) is 0 Å². The maximum Gasteiger partial charge on any atom is 0.323 e. The molecule has 0 radical (unpaired) electrons. The fourth-order valence-corrected chi connectivity index (χ4v) is 2.04. The average molecular weight is 243 g/mol. The highest BCUT2D eigenvalue weighted by molar-refractivity contribution is 5.80. The monoisotopic (exact) mass is 243 g/mol. The molecule has 0 aromatic rings. The van der Waals surface area contributed by atoms with Crippen molar-refractivity contribution in [1.82, 2.24) is 4.90 Å². The van der Waals surface area contributed by atoms with E-state index in [0.717, 1.165) is 6.42 Å². The summed E-state index contributed by atoms with van der Waals surface area (Å²) in [5, 5.41) is 9.19. The van der Waals surface area contributed by atoms with E-state index in [0.29, 0.717) is 13.0 Å². The van der Waals surface area contributed by atoms with Crippen LogP contribution in [0.25, 0.3) is 0 Å². The van der Waals surface area contributed by atoms with Gasteiger partial charge in [0.1, 0.15) is 11.1 Å². The van der Waals surface area contributed by atoms with Crippen LogP contribution in [-0.2, 0) is 14.3 Å². The Morgan fingerprint density at radius 2 is 2.00 bits per heavy atom. The van der Waals surface area contributed by atoms with Crippen molar-refractivity contribution in [3.8, 4) is 0 Å². The summed E-state index contributed by atoms with van der Waals surface area (Å²) in [4.78, 5) is 24.6. The van der Waals surface area contributed by atoms with Gasteiger partial charge in [-0.2, -0.15) is 0 Å². The molecule has 0 saturated carbocycles. The van der Waals surface area contributed by atoms with Gasteiger partial charge in [-0.15, -0.1) is 0 Å². The Morgan fingerprint density at radius 3 is 2.47 bits per heavy atom. The molecular weight excluding hydrogens is 222 g/mol. The second kappa shape index (κ2) is 4.64. The normalized spacial score (nSPS) is 25.9. The lowest BCUT2D eigenvalue weighted by Gasteiger charge is -2.31. The minimum absolute atomic E-state index is 0.0417. The first kappa shape index (κ1) is 14.0. The SMILES string of the molecule is CC(C)(C)OC(=O)CN1CCC[C@@]1(C)C(=O)O. The Kier molecular flexibility index (Phi) is 3.81. The summed E-state index contributed by atoms with van der Waals surface area (Å²) in [6, 6.07) is 0. The molecule has 1 fully saturated rings. The number of nitrogens with zero attached hydrogens (tertiary/aromatic N) is 1. The molecule has 0 aliphatic carbocycles. The fourth-order valence-electron chi connectivity index (χ4n) is 2.04. The molecule has 1 rings (SSSR count). The van der Waals surface area contributed by atoms with Gasteiger partial charge in [0.25, 0.3) is 0 Å². The molecule has 0 unspecified atom stereocenters. The maximum absolute atomic E-state index is 11.7. The van der Waals surface area contributed by atoms with Crippen LogP contribution >= 0.6 is 0 Å². The van der Waals surface area contributed by atoms with E-state index in [-0.39, 0.29) is 12.5 Å². The number of rotatable bonds is 3. The van der Waals surface area contributed by atoms with E-state index in [1.54, 1.807) is 32.6 Å². The van der Waals surface area contributed by atoms with Crippen molar-refractivity contribution in [2.75, 3.05) is 13.1 Å². The van der Waals surface area contributed by atoms with Gasteiger partial charge in [0.15, 0.2) is 0 Å². The lowest BCUT2D eigenvalue weighted by Crippen LogP contribution is -2.50. The van der Waals surface area contributed by atoms with Crippen molar-refractivity contribution >= 4 is 11.9 Å². The van der Waals surface area contributed by atoms with Gasteiger partial charge >= 0.3 is 11.9 Å². The molecule has 17 heavy (non-hydrogen) atoms. The minimum Gasteiger partial charge on any atom is -0.480 e. The number of carboxylic acid groups (broad SMARTS) is 1. The molecule has 1 aliphatic rings. The number of carbonyl (C=O) groups excluding carboxylic acids is 1. The highest BCUT2D eigenvalue weighted by atomic mass is 16.6. The van der Waals surface area contributed by atoms with Crippen LogP contribution in [0.4, 0.5) is 0 Å². The van der Waals surface area contributed by atoms with Gasteiger partial charge in [0.2, 0.25) is 0 Å². The summed E-state index contributed by atoms with van der Waals surface area (Å²) in [6.45, 7) is 7.72. The van der Waals surface area contributed by atoms with Crippen LogP contribution in [0.1, 0.15) is 40.5 Å². The van der Waals surface area contributed by atoms with Crippen LogP contribution in [0, 0.1) is 0 Å². The van der Waals surface area contributed by atoms with Crippen molar-refractivity contribution in [3.63, 3.8) is 0 Å². The summed E-state index contributed by atoms with van der Waals surface area (Å²) in [5.74, 6) is -1.24. The van der Waals surface area contributed by atoms with E-state index in [2.05, 4.69) is 0 Å². The molecule has 0 amide bonds. The van der Waals surface area contributed by atoms with Crippen molar-refractivity contribution in [3.05, 3.63) is 0 Å². The number of carbonyl (C=O) groups is 2. The van der Waals surface area contributed by atoms with E-state index in [1.807, 2.05) is 0 Å². The molecule has 0 aromatic carbocycles. The molecule has 98 valence electrons. The van der Waals surface area contributed by atoms with Gasteiger partial charge in [-0.25, -0.2) is 0 Å². The predicted octanol–water partition coefficient (Wildman–Crippen LogP) is 1.27. The number of carboxylic acids is 1. The fraction of sp³-hybridized carbons (Fsp3) is 0.833. The average Bonchev–Trinajstić information content (AvgIpc) is 2.45. The Balaban J connectivity index is 2.63. The smallest absolute Gasteiger partial charge is 0.323 e. The Labute approximate surface area is 102 Å². The summed E-state index contributed by atoms with van der Waals surface area (Å²) >= 11 is 0. The lowest BCUT2D eigenvalue weighted by atomic mass is 9.99. The van der Waals surface area contributed by atoms with Crippen molar-refractivity contribution in [2.45, 2.75) is 51.7 Å². The number of hydrogen-bond donors (Lipinski definition) is 1. The van der Waals surface area contributed by atoms with Crippen LogP contribution in [0.2, 0.25) is 0 Å². The van der Waals surface area contributed by atoms with Crippen molar-refractivity contribution in [1.29, 1.82) is 0 Å². The van der Waals surface area contributed by atoms with E-state index < -0.39 is 17.1 Å². The van der Waals surface area contributed by atoms with E-state index in [4.69, 9.17) is 4.74 Å².